The molecule has 0 spiro atoms. The number of nitrogens with zero attached hydrogens (tertiary/aromatic N) is 1. The quantitative estimate of drug-likeness (QED) is 0.846. The Morgan fingerprint density at radius 1 is 1.47 bits per heavy atom. The molecule has 1 amide bonds. The summed E-state index contributed by atoms with van der Waals surface area (Å²) in [5.41, 5.74) is 0.982. The summed E-state index contributed by atoms with van der Waals surface area (Å²) >= 11 is 3.13. The molecular weight excluding hydrogens is 287 g/mol. The summed E-state index contributed by atoms with van der Waals surface area (Å²) < 4.78 is 13.4. The third-order valence-electron chi connectivity index (χ3n) is 2.33. The number of carbonyl (C=O) groups is 1. The van der Waals surface area contributed by atoms with Gasteiger partial charge < -0.3 is 10.2 Å². The van der Waals surface area contributed by atoms with Crippen molar-refractivity contribution in [2.24, 2.45) is 0 Å². The van der Waals surface area contributed by atoms with Crippen molar-refractivity contribution in [3.8, 4) is 0 Å². The molecule has 17 heavy (non-hydrogen) atoms. The lowest BCUT2D eigenvalue weighted by molar-refractivity contribution is -0.128. The van der Waals surface area contributed by atoms with Gasteiger partial charge in [0.25, 0.3) is 0 Å². The second-order valence-corrected chi connectivity index (χ2v) is 4.82. The molecule has 1 N–H and O–H groups in total. The molecule has 0 saturated carbocycles. The highest BCUT2D eigenvalue weighted by molar-refractivity contribution is 9.10. The third kappa shape index (κ3) is 4.83. The minimum absolute atomic E-state index is 0.0952. The summed E-state index contributed by atoms with van der Waals surface area (Å²) in [6.45, 7) is 1.24. The van der Waals surface area contributed by atoms with Gasteiger partial charge in [0.2, 0.25) is 5.91 Å². The highest BCUT2D eigenvalue weighted by Crippen LogP contribution is 2.16. The Balaban J connectivity index is 2.31. The van der Waals surface area contributed by atoms with Crippen LogP contribution in [0.4, 0.5) is 4.39 Å². The number of rotatable bonds is 5. The Kier molecular flexibility index (Phi) is 5.58. The number of benzene rings is 1. The minimum atomic E-state index is -0.267. The molecule has 0 aliphatic carbocycles. The lowest BCUT2D eigenvalue weighted by Gasteiger charge is -2.10. The van der Waals surface area contributed by atoms with Crippen LogP contribution < -0.4 is 5.32 Å². The molecular formula is C12H16BrFN2O. The molecule has 5 heteroatoms. The molecule has 0 saturated heterocycles. The molecule has 0 heterocycles. The van der Waals surface area contributed by atoms with Gasteiger partial charge in [-0.1, -0.05) is 6.07 Å². The van der Waals surface area contributed by atoms with Crippen LogP contribution in [-0.4, -0.2) is 31.4 Å². The average Bonchev–Trinajstić information content (AvgIpc) is 2.28. The fraction of sp³-hybridized carbons (Fsp3) is 0.417. The van der Waals surface area contributed by atoms with E-state index in [4.69, 9.17) is 0 Å². The van der Waals surface area contributed by atoms with Crippen LogP contribution in [0.1, 0.15) is 12.0 Å². The highest BCUT2D eigenvalue weighted by atomic mass is 79.9. The van der Waals surface area contributed by atoms with Crippen LogP contribution in [0.2, 0.25) is 0 Å². The van der Waals surface area contributed by atoms with Crippen molar-refractivity contribution in [3.05, 3.63) is 34.1 Å². The molecule has 0 bridgehead atoms. The highest BCUT2D eigenvalue weighted by Gasteiger charge is 2.03. The first-order chi connectivity index (χ1) is 8.00. The third-order valence-corrected chi connectivity index (χ3v) is 2.94. The van der Waals surface area contributed by atoms with Gasteiger partial charge >= 0.3 is 0 Å². The topological polar surface area (TPSA) is 32.3 Å². The van der Waals surface area contributed by atoms with Crippen molar-refractivity contribution in [1.29, 1.82) is 0 Å². The number of carbonyl (C=O) groups excluding carboxylic acids is 1. The van der Waals surface area contributed by atoms with Gasteiger partial charge in [-0.05, 0) is 33.6 Å². The normalized spacial score (nSPS) is 10.4. The Labute approximate surface area is 109 Å². The number of hydrogen-bond acceptors (Lipinski definition) is 2. The monoisotopic (exact) mass is 302 g/mol. The van der Waals surface area contributed by atoms with Gasteiger partial charge in [0, 0.05) is 33.6 Å². The van der Waals surface area contributed by atoms with Gasteiger partial charge in [-0.2, -0.15) is 0 Å². The second kappa shape index (κ2) is 6.71. The molecule has 94 valence electrons. The Morgan fingerprint density at radius 3 is 2.76 bits per heavy atom. The molecule has 0 fully saturated rings. The predicted octanol–water partition coefficient (Wildman–Crippen LogP) is 2.16. The SMILES string of the molecule is CN(C)C(=O)CCNCc1ccc(F)c(Br)c1. The summed E-state index contributed by atoms with van der Waals surface area (Å²) in [6.07, 6.45) is 0.468. The lowest BCUT2D eigenvalue weighted by atomic mass is 10.2. The van der Waals surface area contributed by atoms with E-state index in [-0.39, 0.29) is 11.7 Å². The lowest BCUT2D eigenvalue weighted by Crippen LogP contribution is -2.26. The molecule has 1 aromatic carbocycles. The molecule has 0 radical (unpaired) electrons. The number of halogens is 2. The first-order valence-corrected chi connectivity index (χ1v) is 6.15. The van der Waals surface area contributed by atoms with E-state index in [9.17, 15) is 9.18 Å². The first-order valence-electron chi connectivity index (χ1n) is 5.35. The average molecular weight is 303 g/mol. The molecule has 1 rings (SSSR count). The number of nitrogens with one attached hydrogen (secondary N) is 1. The molecule has 0 aliphatic rings. The molecule has 0 aromatic heterocycles. The van der Waals surface area contributed by atoms with Crippen LogP contribution in [0.5, 0.6) is 0 Å². The van der Waals surface area contributed by atoms with Gasteiger partial charge in [0.15, 0.2) is 0 Å². The summed E-state index contributed by atoms with van der Waals surface area (Å²) in [7, 11) is 3.47. The molecule has 1 aromatic rings. The van der Waals surface area contributed by atoms with E-state index in [0.717, 1.165) is 5.56 Å². The van der Waals surface area contributed by atoms with E-state index < -0.39 is 0 Å². The summed E-state index contributed by atoms with van der Waals surface area (Å²) in [4.78, 5) is 12.8. The van der Waals surface area contributed by atoms with Crippen molar-refractivity contribution >= 4 is 21.8 Å². The summed E-state index contributed by atoms with van der Waals surface area (Å²) in [6, 6.07) is 4.88. The maximum atomic E-state index is 13.0. The van der Waals surface area contributed by atoms with E-state index in [1.807, 2.05) is 0 Å². The Bertz CT molecular complexity index is 396. The van der Waals surface area contributed by atoms with Crippen LogP contribution in [0, 0.1) is 5.82 Å². The van der Waals surface area contributed by atoms with Crippen molar-refractivity contribution in [3.63, 3.8) is 0 Å². The molecule has 0 atom stereocenters. The van der Waals surface area contributed by atoms with E-state index in [0.29, 0.717) is 24.0 Å². The second-order valence-electron chi connectivity index (χ2n) is 3.96. The maximum Gasteiger partial charge on any atom is 0.223 e. The number of hydrogen-bond donors (Lipinski definition) is 1. The predicted molar refractivity (Wildman–Crippen MR) is 69.1 cm³/mol. The van der Waals surface area contributed by atoms with Gasteiger partial charge in [-0.25, -0.2) is 4.39 Å². The van der Waals surface area contributed by atoms with Crippen LogP contribution in [0.25, 0.3) is 0 Å². The van der Waals surface area contributed by atoms with Gasteiger partial charge in [-0.15, -0.1) is 0 Å². The van der Waals surface area contributed by atoms with Crippen LogP contribution >= 0.6 is 15.9 Å². The Morgan fingerprint density at radius 2 is 2.18 bits per heavy atom. The number of amides is 1. The van der Waals surface area contributed by atoms with Crippen molar-refractivity contribution in [1.82, 2.24) is 10.2 Å². The van der Waals surface area contributed by atoms with Gasteiger partial charge in [0.1, 0.15) is 5.82 Å². The largest absolute Gasteiger partial charge is 0.349 e. The fourth-order valence-corrected chi connectivity index (χ4v) is 1.73. The summed E-state index contributed by atoms with van der Waals surface area (Å²) in [5.74, 6) is -0.172. The zero-order chi connectivity index (χ0) is 12.8. The Hall–Kier alpha value is -0.940. The van der Waals surface area contributed by atoms with Gasteiger partial charge in [0.05, 0.1) is 4.47 Å². The fourth-order valence-electron chi connectivity index (χ4n) is 1.30. The molecule has 3 nitrogen and oxygen atoms in total. The van der Waals surface area contributed by atoms with E-state index in [1.54, 1.807) is 31.1 Å². The van der Waals surface area contributed by atoms with Crippen molar-refractivity contribution in [2.75, 3.05) is 20.6 Å². The van der Waals surface area contributed by atoms with E-state index in [2.05, 4.69) is 21.2 Å². The van der Waals surface area contributed by atoms with Crippen molar-refractivity contribution in [2.45, 2.75) is 13.0 Å². The van der Waals surface area contributed by atoms with E-state index >= 15 is 0 Å². The van der Waals surface area contributed by atoms with E-state index in [1.165, 1.54) is 6.07 Å². The zero-order valence-electron chi connectivity index (χ0n) is 9.96. The first kappa shape index (κ1) is 14.1. The minimum Gasteiger partial charge on any atom is -0.349 e. The van der Waals surface area contributed by atoms with Gasteiger partial charge in [-0.3, -0.25) is 4.79 Å². The standard InChI is InChI=1S/C12H16BrFN2O/c1-16(2)12(17)5-6-15-8-9-3-4-11(14)10(13)7-9/h3-4,7,15H,5-6,8H2,1-2H3. The van der Waals surface area contributed by atoms with Crippen molar-refractivity contribution < 1.29 is 9.18 Å². The van der Waals surface area contributed by atoms with Crippen LogP contribution in [-0.2, 0) is 11.3 Å². The van der Waals surface area contributed by atoms with Crippen LogP contribution in [0.3, 0.4) is 0 Å². The van der Waals surface area contributed by atoms with Crippen LogP contribution in [0.15, 0.2) is 22.7 Å². The maximum absolute atomic E-state index is 13.0. The molecule has 0 aliphatic heterocycles. The zero-order valence-corrected chi connectivity index (χ0v) is 11.6. The smallest absolute Gasteiger partial charge is 0.223 e. The summed E-state index contributed by atoms with van der Waals surface area (Å²) in [5, 5.41) is 3.14. The molecule has 0 unspecified atom stereocenters.